The van der Waals surface area contributed by atoms with Crippen LogP contribution in [0.2, 0.25) is 5.02 Å². The predicted octanol–water partition coefficient (Wildman–Crippen LogP) is 5.76. The summed E-state index contributed by atoms with van der Waals surface area (Å²) in [6.45, 7) is 2.59. The van der Waals surface area contributed by atoms with Gasteiger partial charge in [0.2, 0.25) is 0 Å². The topological polar surface area (TPSA) is 143 Å². The summed E-state index contributed by atoms with van der Waals surface area (Å²) in [7, 11) is 0. The molecular weight excluding hydrogens is 695 g/mol. The lowest BCUT2D eigenvalue weighted by molar-refractivity contribution is -0.350. The number of rotatable bonds is 10. The second-order valence-corrected chi connectivity index (χ2v) is 11.6. The predicted molar refractivity (Wildman–Crippen MR) is 160 cm³/mol. The molecule has 2 amide bonds. The number of aromatic nitrogens is 6. The Morgan fingerprint density at radius 2 is 1.77 bits per heavy atom. The highest BCUT2D eigenvalue weighted by atomic mass is 35.5. The molecule has 0 bridgehead atoms. The number of carbonyl (C=O) groups excluding carboxylic acids is 2. The van der Waals surface area contributed by atoms with Crippen molar-refractivity contribution in [1.82, 2.24) is 35.1 Å². The highest BCUT2D eigenvalue weighted by Gasteiger charge is 2.75. The number of anilines is 1. The number of benzene rings is 1. The highest BCUT2D eigenvalue weighted by molar-refractivity contribution is 7.98. The first-order valence-corrected chi connectivity index (χ1v) is 15.3. The summed E-state index contributed by atoms with van der Waals surface area (Å²) in [6, 6.07) is 8.37. The molecule has 0 unspecified atom stereocenters. The van der Waals surface area contributed by atoms with Gasteiger partial charge in [-0.1, -0.05) is 11.6 Å². The summed E-state index contributed by atoms with van der Waals surface area (Å²) in [5, 5.41) is 25.5. The fraction of sp³-hybridized carbons (Fsp3) is 0.321. The van der Waals surface area contributed by atoms with E-state index in [-0.39, 0.29) is 51.3 Å². The van der Waals surface area contributed by atoms with Crippen LogP contribution in [0.4, 0.5) is 36.4 Å². The van der Waals surface area contributed by atoms with Crippen molar-refractivity contribution in [2.75, 3.05) is 17.3 Å². The molecule has 254 valence electrons. The van der Waals surface area contributed by atoms with E-state index in [0.29, 0.717) is 16.1 Å². The molecule has 0 saturated carbocycles. The van der Waals surface area contributed by atoms with Crippen LogP contribution in [0.5, 0.6) is 0 Å². The lowest BCUT2D eigenvalue weighted by Crippen LogP contribution is -2.50. The zero-order valence-corrected chi connectivity index (χ0v) is 26.5. The third-order valence-corrected chi connectivity index (χ3v) is 7.78. The van der Waals surface area contributed by atoms with Crippen molar-refractivity contribution in [2.24, 2.45) is 0 Å². The van der Waals surface area contributed by atoms with E-state index in [1.807, 2.05) is 12.3 Å². The Kier molecular flexibility index (Phi) is 10.4. The maximum Gasteiger partial charge on any atom is 0.437 e. The highest BCUT2D eigenvalue weighted by Crippen LogP contribution is 2.52. The van der Waals surface area contributed by atoms with Gasteiger partial charge in [0, 0.05) is 18.0 Å². The number of alkyl halides is 7. The van der Waals surface area contributed by atoms with Crippen LogP contribution in [0.1, 0.15) is 50.3 Å². The van der Waals surface area contributed by atoms with Gasteiger partial charge < -0.3 is 10.6 Å². The number of nitrogens with zero attached hydrogens (tertiary/aromatic N) is 7. The number of pyridine rings is 1. The van der Waals surface area contributed by atoms with E-state index in [2.05, 4.69) is 30.9 Å². The Bertz CT molecular complexity index is 1870. The lowest BCUT2D eigenvalue weighted by Gasteiger charge is -2.27. The molecule has 4 aromatic rings. The summed E-state index contributed by atoms with van der Waals surface area (Å²) in [5.74, 6) is -1.01. The SMILES string of the molecule is CSC[C@H](C)NC(=O)c1cc(C#N)cc(C)c1NC(=O)c1cc(Cn2ncc(C(F)(C(F)(F)F)C(F)(F)F)n2)nn1-c1ncccc1Cl. The van der Waals surface area contributed by atoms with Gasteiger partial charge in [-0.25, -0.2) is 14.1 Å². The van der Waals surface area contributed by atoms with Crippen LogP contribution < -0.4 is 10.6 Å². The van der Waals surface area contributed by atoms with Gasteiger partial charge in [-0.05, 0) is 56.0 Å². The standard InChI is InChI=1S/C28H23ClF7N9O2S/c1-14-7-16(10-37)8-18(24(46)40-15(2)13-48-3)22(14)41-25(47)20-9-17(42-45(20)23-19(29)5-4-6-38-23)12-44-39-11-21(43-44)26(30,27(31,32)33)28(34,35)36/h4-9,11,15H,12-13H2,1-3H3,(H,40,46)(H,41,47)/t15-/m0/s1. The van der Waals surface area contributed by atoms with Crippen molar-refractivity contribution in [2.45, 2.75) is 44.5 Å². The number of carbonyl (C=O) groups is 2. The van der Waals surface area contributed by atoms with Crippen molar-refractivity contribution in [3.05, 3.63) is 81.5 Å². The third kappa shape index (κ3) is 7.23. The first kappa shape index (κ1) is 36.1. The maximum absolute atomic E-state index is 14.5. The maximum atomic E-state index is 14.5. The van der Waals surface area contributed by atoms with Gasteiger partial charge in [0.25, 0.3) is 11.8 Å². The van der Waals surface area contributed by atoms with Crippen LogP contribution >= 0.6 is 23.4 Å². The van der Waals surface area contributed by atoms with E-state index < -0.39 is 42.1 Å². The molecule has 48 heavy (non-hydrogen) atoms. The molecule has 0 aliphatic rings. The zero-order chi connectivity index (χ0) is 35.6. The summed E-state index contributed by atoms with van der Waals surface area (Å²) in [4.78, 5) is 31.4. The van der Waals surface area contributed by atoms with Crippen molar-refractivity contribution < 1.29 is 40.3 Å². The third-order valence-electron chi connectivity index (χ3n) is 6.65. The quantitative estimate of drug-likeness (QED) is 0.197. The number of amides is 2. The van der Waals surface area contributed by atoms with Gasteiger partial charge in [0.15, 0.2) is 5.82 Å². The molecule has 0 radical (unpaired) electrons. The van der Waals surface area contributed by atoms with E-state index in [1.165, 1.54) is 42.2 Å². The lowest BCUT2D eigenvalue weighted by atomic mass is 10.0. The van der Waals surface area contributed by atoms with E-state index in [9.17, 15) is 45.6 Å². The minimum Gasteiger partial charge on any atom is -0.349 e. The van der Waals surface area contributed by atoms with Crippen molar-refractivity contribution in [1.29, 1.82) is 5.26 Å². The van der Waals surface area contributed by atoms with Gasteiger partial charge in [-0.3, -0.25) is 9.59 Å². The van der Waals surface area contributed by atoms with Crippen LogP contribution in [0.25, 0.3) is 5.82 Å². The number of hydrogen-bond acceptors (Lipinski definition) is 8. The second-order valence-electron chi connectivity index (χ2n) is 10.3. The van der Waals surface area contributed by atoms with Crippen LogP contribution in [0, 0.1) is 18.3 Å². The zero-order valence-electron chi connectivity index (χ0n) is 24.9. The Morgan fingerprint density at radius 3 is 2.38 bits per heavy atom. The number of aryl methyl sites for hydroxylation is 1. The molecule has 0 aliphatic carbocycles. The Balaban J connectivity index is 1.75. The summed E-state index contributed by atoms with van der Waals surface area (Å²) in [6.07, 6.45) is -9.66. The molecule has 2 N–H and O–H groups in total. The minimum absolute atomic E-state index is 0.00401. The van der Waals surface area contributed by atoms with Gasteiger partial charge in [0.1, 0.15) is 17.9 Å². The fourth-order valence-corrected chi connectivity index (χ4v) is 5.24. The van der Waals surface area contributed by atoms with Crippen molar-refractivity contribution in [3.8, 4) is 11.9 Å². The molecule has 20 heteroatoms. The largest absolute Gasteiger partial charge is 0.437 e. The van der Waals surface area contributed by atoms with Crippen molar-refractivity contribution >= 4 is 40.9 Å². The van der Waals surface area contributed by atoms with Gasteiger partial charge >= 0.3 is 18.0 Å². The molecule has 1 aromatic carbocycles. The minimum atomic E-state index is -6.40. The summed E-state index contributed by atoms with van der Waals surface area (Å²) in [5.41, 5.74) is -7.87. The second kappa shape index (κ2) is 13.8. The summed E-state index contributed by atoms with van der Waals surface area (Å²) < 4.78 is 94.8. The molecular formula is C28H23ClF7N9O2S. The number of thioether (sulfide) groups is 1. The Morgan fingerprint density at radius 1 is 1.08 bits per heavy atom. The van der Waals surface area contributed by atoms with E-state index >= 15 is 0 Å². The fourth-order valence-electron chi connectivity index (χ4n) is 4.46. The van der Waals surface area contributed by atoms with Crippen LogP contribution in [-0.4, -0.2) is 72.0 Å². The molecule has 3 heterocycles. The molecule has 11 nitrogen and oxygen atoms in total. The average Bonchev–Trinajstić information content (AvgIpc) is 3.64. The van der Waals surface area contributed by atoms with Gasteiger partial charge in [-0.2, -0.15) is 63.5 Å². The van der Waals surface area contributed by atoms with Crippen LogP contribution in [0.15, 0.2) is 42.7 Å². The van der Waals surface area contributed by atoms with E-state index in [0.717, 1.165) is 10.7 Å². The van der Waals surface area contributed by atoms with Crippen LogP contribution in [0.3, 0.4) is 0 Å². The Labute approximate surface area is 276 Å². The molecule has 0 saturated heterocycles. The molecule has 4 rings (SSSR count). The number of nitrogens with one attached hydrogen (secondary N) is 2. The molecule has 0 aliphatic heterocycles. The number of hydrogen-bond donors (Lipinski definition) is 2. The van der Waals surface area contributed by atoms with Crippen molar-refractivity contribution in [3.63, 3.8) is 0 Å². The molecule has 3 aromatic heterocycles. The van der Waals surface area contributed by atoms with Crippen LogP contribution in [-0.2, 0) is 12.2 Å². The molecule has 0 fully saturated rings. The smallest absolute Gasteiger partial charge is 0.349 e. The monoisotopic (exact) mass is 717 g/mol. The number of halogens is 8. The van der Waals surface area contributed by atoms with E-state index in [4.69, 9.17) is 11.6 Å². The van der Waals surface area contributed by atoms with Gasteiger partial charge in [-0.15, -0.1) is 0 Å². The average molecular weight is 718 g/mol. The molecule has 0 spiro atoms. The van der Waals surface area contributed by atoms with E-state index in [1.54, 1.807) is 13.8 Å². The first-order chi connectivity index (χ1) is 22.4. The molecule has 1 atom stereocenters. The van der Waals surface area contributed by atoms with Gasteiger partial charge in [0.05, 0.1) is 39.8 Å². The normalized spacial score (nSPS) is 12.8. The number of nitriles is 1. The first-order valence-electron chi connectivity index (χ1n) is 13.5. The Hall–Kier alpha value is -4.70. The summed E-state index contributed by atoms with van der Waals surface area (Å²) >= 11 is 7.76.